The van der Waals surface area contributed by atoms with Crippen LogP contribution < -0.4 is 5.43 Å². The zero-order valence-corrected chi connectivity index (χ0v) is 9.56. The molecule has 2 rings (SSSR count). The van der Waals surface area contributed by atoms with Crippen molar-refractivity contribution in [1.82, 2.24) is 5.34 Å². The van der Waals surface area contributed by atoms with Gasteiger partial charge >= 0.3 is 16.1 Å². The third-order valence-electron chi connectivity index (χ3n) is 1.92. The predicted octanol–water partition coefficient (Wildman–Crippen LogP) is 0.253. The van der Waals surface area contributed by atoms with Gasteiger partial charge in [0, 0.05) is 6.07 Å². The molecule has 0 saturated carbocycles. The number of non-ortho nitro benzene ring substituents is 1. The maximum atomic E-state index is 10.7. The van der Waals surface area contributed by atoms with Gasteiger partial charge in [-0.25, -0.2) is 0 Å². The largest absolute Gasteiger partial charge is 0.439 e. The van der Waals surface area contributed by atoms with Gasteiger partial charge in [0.05, 0.1) is 21.2 Å². The van der Waals surface area contributed by atoms with E-state index in [-0.39, 0.29) is 11.0 Å². The fourth-order valence-corrected chi connectivity index (χ4v) is 1.60. The second-order valence-electron chi connectivity index (χ2n) is 3.14. The molecule has 0 amide bonds. The van der Waals surface area contributed by atoms with Crippen molar-refractivity contribution in [2.75, 3.05) is 5.43 Å². The summed E-state index contributed by atoms with van der Waals surface area (Å²) in [5.41, 5.74) is 0.713. The first-order valence-electron chi connectivity index (χ1n) is 4.42. The van der Waals surface area contributed by atoms with Crippen LogP contribution in [0.5, 0.6) is 0 Å². The third-order valence-corrected chi connectivity index (χ3v) is 2.55. The summed E-state index contributed by atoms with van der Waals surface area (Å²) in [5, 5.41) is 21.5. The molecule has 19 heavy (non-hydrogen) atoms. The molecular weight excluding hydrogens is 288 g/mol. The van der Waals surface area contributed by atoms with E-state index in [9.17, 15) is 28.6 Å². The van der Waals surface area contributed by atoms with Crippen LogP contribution in [0.1, 0.15) is 0 Å². The molecule has 0 aliphatic carbocycles. The lowest BCUT2D eigenvalue weighted by molar-refractivity contribution is -0.394. The monoisotopic (exact) mass is 292 g/mol. The first-order valence-corrected chi connectivity index (χ1v) is 5.75. The van der Waals surface area contributed by atoms with E-state index in [2.05, 4.69) is 14.0 Å². The summed E-state index contributed by atoms with van der Waals surface area (Å²) in [6.07, 6.45) is 0. The predicted molar refractivity (Wildman–Crippen MR) is 56.3 cm³/mol. The van der Waals surface area contributed by atoms with E-state index in [1.165, 1.54) is 0 Å². The minimum absolute atomic E-state index is 0.245. The molecule has 0 spiro atoms. The van der Waals surface area contributed by atoms with Gasteiger partial charge in [0.25, 0.3) is 5.69 Å². The van der Waals surface area contributed by atoms with E-state index in [0.717, 1.165) is 12.1 Å². The van der Waals surface area contributed by atoms with Gasteiger partial charge in [0.1, 0.15) is 5.69 Å². The zero-order valence-electron chi connectivity index (χ0n) is 8.75. The Labute approximate surface area is 104 Å². The van der Waals surface area contributed by atoms with Gasteiger partial charge in [0.15, 0.2) is 0 Å². The number of rotatable bonds is 4. The van der Waals surface area contributed by atoms with E-state index in [1.807, 2.05) is 0 Å². The molecule has 0 aromatic heterocycles. The minimum Gasteiger partial charge on any atom is -0.263 e. The Morgan fingerprint density at radius 3 is 2.26 bits per heavy atom. The van der Waals surface area contributed by atoms with Gasteiger partial charge in [0.2, 0.25) is 0 Å². The maximum absolute atomic E-state index is 10.7. The van der Waals surface area contributed by atoms with Crippen molar-refractivity contribution in [2.24, 2.45) is 0 Å². The molecule has 0 radical (unpaired) electrons. The van der Waals surface area contributed by atoms with Gasteiger partial charge < -0.3 is 0 Å². The number of benzene rings is 1. The van der Waals surface area contributed by atoms with Crippen LogP contribution in [0.3, 0.4) is 0 Å². The van der Waals surface area contributed by atoms with Gasteiger partial charge in [-0.15, -0.1) is 8.57 Å². The fourth-order valence-electron chi connectivity index (χ4n) is 1.19. The second-order valence-corrected chi connectivity index (χ2v) is 4.26. The van der Waals surface area contributed by atoms with E-state index in [1.54, 1.807) is 0 Å². The van der Waals surface area contributed by atoms with Crippen molar-refractivity contribution in [2.45, 2.75) is 0 Å². The van der Waals surface area contributed by atoms with Crippen molar-refractivity contribution >= 4 is 27.5 Å². The summed E-state index contributed by atoms with van der Waals surface area (Å²) in [6, 6.07) is 2.70. The highest BCUT2D eigenvalue weighted by Crippen LogP contribution is 2.30. The first kappa shape index (κ1) is 13.1. The zero-order chi connectivity index (χ0) is 14.2. The lowest BCUT2D eigenvalue weighted by Gasteiger charge is -2.26. The van der Waals surface area contributed by atoms with Gasteiger partial charge in [-0.2, -0.15) is 8.42 Å². The molecule has 1 heterocycles. The minimum atomic E-state index is -4.12. The normalized spacial score (nSPS) is 17.5. The molecule has 1 aromatic carbocycles. The number of hydrogen-bond acceptors (Lipinski definition) is 10. The number of nitrogens with zero attached hydrogens (tertiary/aromatic N) is 3. The molecule has 1 saturated heterocycles. The van der Waals surface area contributed by atoms with Gasteiger partial charge in [-0.3, -0.25) is 25.7 Å². The topological polar surface area (TPSA) is 154 Å². The Bertz CT molecular complexity index is 645. The average Bonchev–Trinajstić information content (AvgIpc) is 2.26. The number of hydrogen-bond donors (Lipinski definition) is 1. The number of nitro benzene ring substituents is 2. The molecule has 0 unspecified atom stereocenters. The highest BCUT2D eigenvalue weighted by molar-refractivity contribution is 7.82. The van der Waals surface area contributed by atoms with Crippen LogP contribution in [0, 0.1) is 20.2 Å². The molecule has 1 fully saturated rings. The first-order chi connectivity index (χ1) is 8.78. The van der Waals surface area contributed by atoms with E-state index >= 15 is 0 Å². The van der Waals surface area contributed by atoms with Crippen LogP contribution in [0.4, 0.5) is 17.1 Å². The van der Waals surface area contributed by atoms with Crippen LogP contribution in [-0.4, -0.2) is 23.6 Å². The summed E-state index contributed by atoms with van der Waals surface area (Å²) in [4.78, 5) is 19.5. The van der Waals surface area contributed by atoms with Crippen molar-refractivity contribution in [3.63, 3.8) is 0 Å². The van der Waals surface area contributed by atoms with Crippen molar-refractivity contribution in [3.05, 3.63) is 38.4 Å². The molecular formula is C6H4N4O8S. The highest BCUT2D eigenvalue weighted by Gasteiger charge is 2.37. The van der Waals surface area contributed by atoms with Gasteiger partial charge in [-0.1, -0.05) is 0 Å². The van der Waals surface area contributed by atoms with Crippen molar-refractivity contribution in [1.29, 1.82) is 0 Å². The lowest BCUT2D eigenvalue weighted by Crippen LogP contribution is -2.45. The standard InChI is InChI=1S/C6H4N4O8S/c11-8(12)4-1-2-5(6(3-4)9(13)14)7-10-17-19(15,16)18-10/h1-3,7H. The Hall–Kier alpha value is -2.35. The average molecular weight is 292 g/mol. The fraction of sp³-hybridized carbons (Fsp3) is 0. The molecule has 102 valence electrons. The molecule has 1 aliphatic rings. The molecule has 0 bridgehead atoms. The van der Waals surface area contributed by atoms with Crippen molar-refractivity contribution in [3.8, 4) is 0 Å². The SMILES string of the molecule is O=[N+]([O-])c1ccc(NN2OS(=O)(=O)O2)c([N+](=O)[O-])c1. The summed E-state index contributed by atoms with van der Waals surface area (Å²) in [5.74, 6) is 0. The van der Waals surface area contributed by atoms with Gasteiger partial charge in [-0.05, 0) is 6.07 Å². The molecule has 13 heteroatoms. The Kier molecular flexibility index (Phi) is 3.03. The Morgan fingerprint density at radius 2 is 1.79 bits per heavy atom. The lowest BCUT2D eigenvalue weighted by atomic mass is 10.2. The molecule has 1 aliphatic heterocycles. The van der Waals surface area contributed by atoms with E-state index in [4.69, 9.17) is 0 Å². The summed E-state index contributed by atoms with van der Waals surface area (Å²) in [6.45, 7) is 0. The van der Waals surface area contributed by atoms with Crippen LogP contribution in [0.15, 0.2) is 18.2 Å². The summed E-state index contributed by atoms with van der Waals surface area (Å²) in [7, 11) is -4.12. The number of nitrogens with one attached hydrogen (secondary N) is 1. The van der Waals surface area contributed by atoms with E-state index < -0.39 is 31.6 Å². The number of hydrazine groups is 1. The van der Waals surface area contributed by atoms with Crippen LogP contribution in [-0.2, 0) is 19.0 Å². The van der Waals surface area contributed by atoms with E-state index in [0.29, 0.717) is 6.07 Å². The maximum Gasteiger partial charge on any atom is 0.439 e. The highest BCUT2D eigenvalue weighted by atomic mass is 32.3. The quantitative estimate of drug-likeness (QED) is 0.603. The molecule has 1 N–H and O–H groups in total. The smallest absolute Gasteiger partial charge is 0.263 e. The van der Waals surface area contributed by atoms with Crippen LogP contribution in [0.25, 0.3) is 0 Å². The number of nitro groups is 2. The van der Waals surface area contributed by atoms with Crippen LogP contribution >= 0.6 is 0 Å². The van der Waals surface area contributed by atoms with Crippen molar-refractivity contribution < 1.29 is 26.8 Å². The molecule has 0 atom stereocenters. The van der Waals surface area contributed by atoms with Crippen LogP contribution in [0.2, 0.25) is 0 Å². The summed E-state index contributed by atoms with van der Waals surface area (Å²) >= 11 is 0. The second kappa shape index (κ2) is 4.39. The Balaban J connectivity index is 2.25. The Morgan fingerprint density at radius 1 is 1.16 bits per heavy atom. The summed E-state index contributed by atoms with van der Waals surface area (Å²) < 4.78 is 29.1. The number of anilines is 1. The molecule has 12 nitrogen and oxygen atoms in total. The molecule has 1 aromatic rings. The third kappa shape index (κ3) is 2.74.